The number of carbonyl (C=O) groups is 2. The molecule has 4 heteroatoms. The van der Waals surface area contributed by atoms with Crippen molar-refractivity contribution < 1.29 is 9.59 Å². The number of anilines is 1. The van der Waals surface area contributed by atoms with Crippen LogP contribution in [0.3, 0.4) is 0 Å². The molecule has 0 aromatic heterocycles. The van der Waals surface area contributed by atoms with Crippen molar-refractivity contribution in [3.8, 4) is 0 Å². The van der Waals surface area contributed by atoms with Gasteiger partial charge in [-0.15, -0.1) is 0 Å². The fourth-order valence-electron chi connectivity index (χ4n) is 2.05. The molecule has 0 saturated heterocycles. The normalized spacial score (nSPS) is 14.3. The molecule has 0 aliphatic carbocycles. The summed E-state index contributed by atoms with van der Waals surface area (Å²) in [7, 11) is 2.01. The summed E-state index contributed by atoms with van der Waals surface area (Å²) in [5.41, 5.74) is 2.37. The Bertz CT molecular complexity index is 487. The Hall–Kier alpha value is -2.10. The summed E-state index contributed by atoms with van der Waals surface area (Å²) >= 11 is 0. The van der Waals surface area contributed by atoms with E-state index >= 15 is 0 Å². The Labute approximate surface area is 113 Å². The van der Waals surface area contributed by atoms with Crippen LogP contribution in [0, 0.1) is 6.92 Å². The highest BCUT2D eigenvalue weighted by Crippen LogP contribution is 2.14. The molecule has 0 spiro atoms. The van der Waals surface area contributed by atoms with Crippen LogP contribution in [0.4, 0.5) is 5.69 Å². The summed E-state index contributed by atoms with van der Waals surface area (Å²) < 4.78 is 0. The van der Waals surface area contributed by atoms with Crippen molar-refractivity contribution in [3.05, 3.63) is 42.0 Å². The number of nitrogens with zero attached hydrogens (tertiary/aromatic N) is 2. The van der Waals surface area contributed by atoms with Crippen molar-refractivity contribution in [2.75, 3.05) is 25.0 Å². The van der Waals surface area contributed by atoms with Gasteiger partial charge in [0.05, 0.1) is 0 Å². The molecule has 1 aromatic rings. The Morgan fingerprint density at radius 2 is 1.63 bits per heavy atom. The third-order valence-corrected chi connectivity index (χ3v) is 3.25. The predicted molar refractivity (Wildman–Crippen MR) is 74.9 cm³/mol. The lowest BCUT2D eigenvalue weighted by Crippen LogP contribution is -2.33. The lowest BCUT2D eigenvalue weighted by Gasteiger charge is -2.21. The Morgan fingerprint density at radius 3 is 2.21 bits per heavy atom. The molecule has 2 rings (SSSR count). The summed E-state index contributed by atoms with van der Waals surface area (Å²) in [6, 6.07) is 8.29. The van der Waals surface area contributed by atoms with Gasteiger partial charge in [0.2, 0.25) is 0 Å². The Morgan fingerprint density at radius 1 is 1.05 bits per heavy atom. The van der Waals surface area contributed by atoms with Gasteiger partial charge in [-0.25, -0.2) is 0 Å². The maximum absolute atomic E-state index is 11.4. The van der Waals surface area contributed by atoms with Crippen LogP contribution in [-0.2, 0) is 9.59 Å². The van der Waals surface area contributed by atoms with Crippen LogP contribution in [0.1, 0.15) is 12.0 Å². The van der Waals surface area contributed by atoms with Gasteiger partial charge in [0.15, 0.2) is 0 Å². The van der Waals surface area contributed by atoms with Crippen LogP contribution in [0.5, 0.6) is 0 Å². The summed E-state index contributed by atoms with van der Waals surface area (Å²) in [5, 5.41) is 0. The number of amides is 2. The molecule has 100 valence electrons. The fraction of sp³-hybridized carbons (Fsp3) is 0.333. The maximum Gasteiger partial charge on any atom is 0.253 e. The third kappa shape index (κ3) is 3.22. The van der Waals surface area contributed by atoms with E-state index in [1.807, 2.05) is 7.05 Å². The first kappa shape index (κ1) is 13.3. The predicted octanol–water partition coefficient (Wildman–Crippen LogP) is 1.75. The number of imide groups is 1. The lowest BCUT2D eigenvalue weighted by atomic mass is 10.2. The lowest BCUT2D eigenvalue weighted by molar-refractivity contribution is -0.136. The first-order valence-corrected chi connectivity index (χ1v) is 6.39. The van der Waals surface area contributed by atoms with Gasteiger partial charge in [-0.05, 0) is 25.5 Å². The van der Waals surface area contributed by atoms with Crippen molar-refractivity contribution in [1.82, 2.24) is 4.90 Å². The molecule has 1 aromatic carbocycles. The number of carbonyl (C=O) groups excluding carboxylic acids is 2. The van der Waals surface area contributed by atoms with Gasteiger partial charge in [-0.2, -0.15) is 0 Å². The molecule has 1 heterocycles. The third-order valence-electron chi connectivity index (χ3n) is 3.25. The van der Waals surface area contributed by atoms with Crippen LogP contribution >= 0.6 is 0 Å². The highest BCUT2D eigenvalue weighted by atomic mass is 16.2. The molecule has 0 fully saturated rings. The standard InChI is InChI=1S/C15H18N2O2/c1-12-4-6-13(7-5-12)16(2)10-3-11-17-14(18)8-9-15(17)19/h4-9H,3,10-11H2,1-2H3. The van der Waals surface area contributed by atoms with Crippen molar-refractivity contribution in [2.45, 2.75) is 13.3 Å². The Kier molecular flexibility index (Phi) is 4.00. The van der Waals surface area contributed by atoms with E-state index in [0.717, 1.165) is 18.7 Å². The minimum absolute atomic E-state index is 0.206. The number of aryl methyl sites for hydroxylation is 1. The van der Waals surface area contributed by atoms with E-state index in [2.05, 4.69) is 36.1 Å². The van der Waals surface area contributed by atoms with Crippen molar-refractivity contribution >= 4 is 17.5 Å². The maximum atomic E-state index is 11.4. The molecule has 0 radical (unpaired) electrons. The quantitative estimate of drug-likeness (QED) is 0.755. The second-order valence-corrected chi connectivity index (χ2v) is 4.77. The fourth-order valence-corrected chi connectivity index (χ4v) is 2.05. The summed E-state index contributed by atoms with van der Waals surface area (Å²) in [6.07, 6.45) is 3.42. The van der Waals surface area contributed by atoms with Crippen molar-refractivity contribution in [1.29, 1.82) is 0 Å². The van der Waals surface area contributed by atoms with E-state index in [1.54, 1.807) is 0 Å². The largest absolute Gasteiger partial charge is 0.375 e. The number of hydrogen-bond donors (Lipinski definition) is 0. The van der Waals surface area contributed by atoms with Crippen LogP contribution in [0.15, 0.2) is 36.4 Å². The van der Waals surface area contributed by atoms with Crippen LogP contribution < -0.4 is 4.90 Å². The summed E-state index contributed by atoms with van der Waals surface area (Å²) in [6.45, 7) is 3.34. The zero-order valence-corrected chi connectivity index (χ0v) is 11.3. The van der Waals surface area contributed by atoms with E-state index in [0.29, 0.717) is 6.54 Å². The number of hydrogen-bond acceptors (Lipinski definition) is 3. The van der Waals surface area contributed by atoms with Crippen molar-refractivity contribution in [3.63, 3.8) is 0 Å². The molecular formula is C15H18N2O2. The second-order valence-electron chi connectivity index (χ2n) is 4.77. The first-order valence-electron chi connectivity index (χ1n) is 6.39. The second kappa shape index (κ2) is 5.69. The van der Waals surface area contributed by atoms with Gasteiger partial charge in [-0.1, -0.05) is 17.7 Å². The Balaban J connectivity index is 1.81. The number of rotatable bonds is 5. The minimum Gasteiger partial charge on any atom is -0.375 e. The molecule has 0 unspecified atom stereocenters. The van der Waals surface area contributed by atoms with E-state index in [4.69, 9.17) is 0 Å². The molecule has 19 heavy (non-hydrogen) atoms. The molecule has 0 atom stereocenters. The van der Waals surface area contributed by atoms with E-state index in [9.17, 15) is 9.59 Å². The van der Waals surface area contributed by atoms with Crippen molar-refractivity contribution in [2.24, 2.45) is 0 Å². The summed E-state index contributed by atoms with van der Waals surface area (Å²) in [5.74, 6) is -0.411. The van der Waals surface area contributed by atoms with Crippen LogP contribution in [0.25, 0.3) is 0 Å². The molecule has 4 nitrogen and oxygen atoms in total. The van der Waals surface area contributed by atoms with Gasteiger partial charge in [0, 0.05) is 38.0 Å². The molecule has 1 aliphatic rings. The van der Waals surface area contributed by atoms with E-state index in [-0.39, 0.29) is 11.8 Å². The van der Waals surface area contributed by atoms with Gasteiger partial charge < -0.3 is 4.90 Å². The van der Waals surface area contributed by atoms with Gasteiger partial charge >= 0.3 is 0 Å². The highest BCUT2D eigenvalue weighted by Gasteiger charge is 2.22. The SMILES string of the molecule is Cc1ccc(N(C)CCCN2C(=O)C=CC2=O)cc1. The monoisotopic (exact) mass is 258 g/mol. The molecular weight excluding hydrogens is 240 g/mol. The van der Waals surface area contributed by atoms with Gasteiger partial charge in [-0.3, -0.25) is 14.5 Å². The molecule has 1 aliphatic heterocycles. The first-order chi connectivity index (χ1) is 9.08. The number of benzene rings is 1. The van der Waals surface area contributed by atoms with Crippen LogP contribution in [-0.4, -0.2) is 36.9 Å². The molecule has 0 N–H and O–H groups in total. The average Bonchev–Trinajstić information content (AvgIpc) is 2.71. The highest BCUT2D eigenvalue weighted by molar-refractivity contribution is 6.12. The van der Waals surface area contributed by atoms with E-state index in [1.165, 1.54) is 22.6 Å². The molecule has 2 amide bonds. The van der Waals surface area contributed by atoms with E-state index < -0.39 is 0 Å². The minimum atomic E-state index is -0.206. The summed E-state index contributed by atoms with van der Waals surface area (Å²) in [4.78, 5) is 26.1. The topological polar surface area (TPSA) is 40.6 Å². The van der Waals surface area contributed by atoms with Gasteiger partial charge in [0.1, 0.15) is 0 Å². The smallest absolute Gasteiger partial charge is 0.253 e. The average molecular weight is 258 g/mol. The zero-order chi connectivity index (χ0) is 13.8. The zero-order valence-electron chi connectivity index (χ0n) is 11.3. The van der Waals surface area contributed by atoms with Gasteiger partial charge in [0.25, 0.3) is 11.8 Å². The molecule has 0 bridgehead atoms. The molecule has 0 saturated carbocycles. The van der Waals surface area contributed by atoms with Crippen LogP contribution in [0.2, 0.25) is 0 Å².